The molecule has 4 heteroatoms. The minimum absolute atomic E-state index is 0.00287. The van der Waals surface area contributed by atoms with E-state index in [0.29, 0.717) is 11.5 Å². The molecule has 88 valence electrons. The summed E-state index contributed by atoms with van der Waals surface area (Å²) in [6.07, 6.45) is 4.89. The smallest absolute Gasteiger partial charge is 0.258 e. The summed E-state index contributed by atoms with van der Waals surface area (Å²) in [5.41, 5.74) is 0.485. The second-order valence-electron chi connectivity index (χ2n) is 4.28. The van der Waals surface area contributed by atoms with E-state index in [1.54, 1.807) is 6.07 Å². The van der Waals surface area contributed by atoms with Crippen LogP contribution in [0.5, 0.6) is 0 Å². The average Bonchev–Trinajstić information content (AvgIpc) is 2.74. The van der Waals surface area contributed by atoms with Crippen LogP contribution in [0.2, 0.25) is 5.22 Å². The van der Waals surface area contributed by atoms with Crippen molar-refractivity contribution in [1.29, 1.82) is 0 Å². The molecule has 2 heterocycles. The molecule has 1 saturated heterocycles. The van der Waals surface area contributed by atoms with Crippen molar-refractivity contribution >= 4 is 17.5 Å². The summed E-state index contributed by atoms with van der Waals surface area (Å²) in [4.78, 5) is 14.0. The van der Waals surface area contributed by atoms with Gasteiger partial charge in [0.05, 0.1) is 11.8 Å². The lowest BCUT2D eigenvalue weighted by atomic mass is 9.95. The van der Waals surface area contributed by atoms with Gasteiger partial charge in [-0.1, -0.05) is 13.3 Å². The van der Waals surface area contributed by atoms with E-state index in [-0.39, 0.29) is 11.1 Å². The topological polar surface area (TPSA) is 33.5 Å². The lowest BCUT2D eigenvalue weighted by Gasteiger charge is -2.32. The zero-order chi connectivity index (χ0) is 11.5. The molecule has 1 fully saturated rings. The molecular weight excluding hydrogens is 226 g/mol. The summed E-state index contributed by atoms with van der Waals surface area (Å²) in [5.74, 6) is 0.625. The molecule has 0 aliphatic carbocycles. The molecule has 0 spiro atoms. The molecule has 16 heavy (non-hydrogen) atoms. The fourth-order valence-electron chi connectivity index (χ4n) is 2.20. The van der Waals surface area contributed by atoms with Gasteiger partial charge in [-0.25, -0.2) is 0 Å². The number of carbonyl (C=O) groups is 1. The number of nitrogens with zero attached hydrogens (tertiary/aromatic N) is 1. The molecular formula is C12H16ClNO2. The van der Waals surface area contributed by atoms with Crippen LogP contribution in [0.15, 0.2) is 16.7 Å². The Morgan fingerprint density at radius 1 is 1.69 bits per heavy atom. The third kappa shape index (κ3) is 2.24. The second kappa shape index (κ2) is 4.91. The Kier molecular flexibility index (Phi) is 3.54. The van der Waals surface area contributed by atoms with Crippen LogP contribution in [0.4, 0.5) is 0 Å². The molecule has 1 atom stereocenters. The van der Waals surface area contributed by atoms with Crippen molar-refractivity contribution in [2.45, 2.75) is 26.2 Å². The summed E-state index contributed by atoms with van der Waals surface area (Å²) in [6.45, 7) is 3.84. The molecule has 0 radical (unpaired) electrons. The summed E-state index contributed by atoms with van der Waals surface area (Å²) >= 11 is 5.81. The Labute approximate surface area is 100 Å². The normalized spacial score (nSPS) is 21.1. The monoisotopic (exact) mass is 241 g/mol. The Morgan fingerprint density at radius 2 is 2.50 bits per heavy atom. The molecule has 0 aromatic carbocycles. The molecule has 1 aromatic rings. The van der Waals surface area contributed by atoms with E-state index in [1.807, 2.05) is 4.90 Å². The number of carbonyl (C=O) groups excluding carboxylic acids is 1. The van der Waals surface area contributed by atoms with Crippen LogP contribution < -0.4 is 0 Å². The Hall–Kier alpha value is -0.960. The fourth-order valence-corrected chi connectivity index (χ4v) is 2.39. The standard InChI is InChI=1S/C12H16ClNO2/c1-2-9-4-3-6-14(8-9)12(15)10-5-7-16-11(10)13/h5,7,9H,2-4,6,8H2,1H3. The largest absolute Gasteiger partial charge is 0.452 e. The minimum Gasteiger partial charge on any atom is -0.452 e. The van der Waals surface area contributed by atoms with Crippen molar-refractivity contribution in [1.82, 2.24) is 4.90 Å². The number of amides is 1. The Morgan fingerprint density at radius 3 is 3.12 bits per heavy atom. The maximum atomic E-state index is 12.1. The molecule has 0 bridgehead atoms. The molecule has 1 aromatic heterocycles. The van der Waals surface area contributed by atoms with Gasteiger partial charge >= 0.3 is 0 Å². The van der Waals surface area contributed by atoms with Crippen molar-refractivity contribution in [3.05, 3.63) is 23.1 Å². The maximum Gasteiger partial charge on any atom is 0.258 e. The molecule has 1 amide bonds. The van der Waals surface area contributed by atoms with Crippen molar-refractivity contribution in [3.63, 3.8) is 0 Å². The van der Waals surface area contributed by atoms with Gasteiger partial charge < -0.3 is 9.32 Å². The SMILES string of the molecule is CCC1CCCN(C(=O)c2ccoc2Cl)C1. The number of likely N-dealkylation sites (tertiary alicyclic amines) is 1. The van der Waals surface area contributed by atoms with Crippen LogP contribution in [-0.2, 0) is 0 Å². The molecule has 1 aliphatic heterocycles. The molecule has 1 aliphatic rings. The molecule has 2 rings (SSSR count). The van der Waals surface area contributed by atoms with Crippen LogP contribution in [0.25, 0.3) is 0 Å². The van der Waals surface area contributed by atoms with Gasteiger partial charge in [-0.3, -0.25) is 4.79 Å². The van der Waals surface area contributed by atoms with E-state index in [1.165, 1.54) is 12.7 Å². The highest BCUT2D eigenvalue weighted by Crippen LogP contribution is 2.24. The molecule has 0 saturated carbocycles. The third-order valence-corrected chi connectivity index (χ3v) is 3.52. The Bertz CT molecular complexity index is 375. The van der Waals surface area contributed by atoms with E-state index in [4.69, 9.17) is 16.0 Å². The van der Waals surface area contributed by atoms with Gasteiger partial charge in [-0.15, -0.1) is 0 Å². The van der Waals surface area contributed by atoms with E-state index in [0.717, 1.165) is 25.9 Å². The summed E-state index contributed by atoms with van der Waals surface area (Å²) < 4.78 is 4.95. The van der Waals surface area contributed by atoms with Crippen molar-refractivity contribution in [3.8, 4) is 0 Å². The summed E-state index contributed by atoms with van der Waals surface area (Å²) in [7, 11) is 0. The lowest BCUT2D eigenvalue weighted by molar-refractivity contribution is 0.0670. The van der Waals surface area contributed by atoms with Crippen LogP contribution in [0.1, 0.15) is 36.5 Å². The highest BCUT2D eigenvalue weighted by Gasteiger charge is 2.25. The second-order valence-corrected chi connectivity index (χ2v) is 4.62. The van der Waals surface area contributed by atoms with Crippen LogP contribution in [-0.4, -0.2) is 23.9 Å². The third-order valence-electron chi connectivity index (χ3n) is 3.23. The molecule has 3 nitrogen and oxygen atoms in total. The highest BCUT2D eigenvalue weighted by atomic mass is 35.5. The highest BCUT2D eigenvalue weighted by molar-refractivity contribution is 6.32. The van der Waals surface area contributed by atoms with Crippen molar-refractivity contribution < 1.29 is 9.21 Å². The fraction of sp³-hybridized carbons (Fsp3) is 0.583. The van der Waals surface area contributed by atoms with Gasteiger partial charge in [0, 0.05) is 13.1 Å². The first-order valence-electron chi connectivity index (χ1n) is 5.74. The van der Waals surface area contributed by atoms with Gasteiger partial charge in [-0.05, 0) is 36.4 Å². The van der Waals surface area contributed by atoms with Crippen LogP contribution in [0.3, 0.4) is 0 Å². The number of furan rings is 1. The summed E-state index contributed by atoms with van der Waals surface area (Å²) in [5, 5.41) is 0.198. The maximum absolute atomic E-state index is 12.1. The van der Waals surface area contributed by atoms with E-state index >= 15 is 0 Å². The summed E-state index contributed by atoms with van der Waals surface area (Å²) in [6, 6.07) is 1.64. The predicted molar refractivity (Wildman–Crippen MR) is 62.6 cm³/mol. The van der Waals surface area contributed by atoms with Gasteiger partial charge in [0.25, 0.3) is 5.91 Å². The van der Waals surface area contributed by atoms with E-state index < -0.39 is 0 Å². The van der Waals surface area contributed by atoms with Crippen LogP contribution >= 0.6 is 11.6 Å². The van der Waals surface area contributed by atoms with Gasteiger partial charge in [0.2, 0.25) is 5.22 Å². The first-order valence-corrected chi connectivity index (χ1v) is 6.12. The number of hydrogen-bond donors (Lipinski definition) is 0. The molecule has 0 N–H and O–H groups in total. The number of hydrogen-bond acceptors (Lipinski definition) is 2. The van der Waals surface area contributed by atoms with Crippen LogP contribution in [0, 0.1) is 5.92 Å². The van der Waals surface area contributed by atoms with Gasteiger partial charge in [0.1, 0.15) is 0 Å². The van der Waals surface area contributed by atoms with E-state index in [9.17, 15) is 4.79 Å². The van der Waals surface area contributed by atoms with Gasteiger partial charge in [-0.2, -0.15) is 0 Å². The minimum atomic E-state index is -0.00287. The predicted octanol–water partition coefficient (Wildman–Crippen LogP) is 3.20. The molecule has 1 unspecified atom stereocenters. The lowest BCUT2D eigenvalue weighted by Crippen LogP contribution is -2.39. The number of piperidine rings is 1. The first kappa shape index (κ1) is 11.5. The van der Waals surface area contributed by atoms with E-state index in [2.05, 4.69) is 6.92 Å². The zero-order valence-electron chi connectivity index (χ0n) is 9.41. The van der Waals surface area contributed by atoms with Crippen molar-refractivity contribution in [2.24, 2.45) is 5.92 Å². The van der Waals surface area contributed by atoms with Crippen molar-refractivity contribution in [2.75, 3.05) is 13.1 Å². The quantitative estimate of drug-likeness (QED) is 0.797. The van der Waals surface area contributed by atoms with Gasteiger partial charge in [0.15, 0.2) is 0 Å². The number of halogens is 1. The number of rotatable bonds is 2. The Balaban J connectivity index is 2.07. The average molecular weight is 242 g/mol. The zero-order valence-corrected chi connectivity index (χ0v) is 10.2. The first-order chi connectivity index (χ1) is 7.72.